The van der Waals surface area contributed by atoms with Gasteiger partial charge >= 0.3 is 5.97 Å². The summed E-state index contributed by atoms with van der Waals surface area (Å²) in [4.78, 5) is 18.8. The Morgan fingerprint density at radius 2 is 1.83 bits per heavy atom. The molecule has 0 atom stereocenters. The summed E-state index contributed by atoms with van der Waals surface area (Å²) < 4.78 is 16.4. The summed E-state index contributed by atoms with van der Waals surface area (Å²) in [5, 5.41) is 1.83. The minimum absolute atomic E-state index is 0.365. The molecule has 2 saturated heterocycles. The summed E-state index contributed by atoms with van der Waals surface area (Å²) in [6, 6.07) is 7.81. The maximum Gasteiger partial charge on any atom is 0.340 e. The van der Waals surface area contributed by atoms with E-state index < -0.39 is 5.79 Å². The first-order valence-corrected chi connectivity index (χ1v) is 8.21. The number of hydrogen-bond acceptors (Lipinski definition) is 6. The third-order valence-electron chi connectivity index (χ3n) is 4.82. The molecule has 24 heavy (non-hydrogen) atoms. The van der Waals surface area contributed by atoms with Gasteiger partial charge in [0.05, 0.1) is 25.9 Å². The van der Waals surface area contributed by atoms with Gasteiger partial charge in [0.15, 0.2) is 5.79 Å². The number of aromatic nitrogens is 1. The number of carbonyl (C=O) groups excluding carboxylic acids is 1. The molecule has 0 saturated carbocycles. The molecule has 2 fully saturated rings. The summed E-state index contributed by atoms with van der Waals surface area (Å²) >= 11 is 0. The minimum Gasteiger partial charge on any atom is -0.465 e. The van der Waals surface area contributed by atoms with Crippen LogP contribution in [-0.4, -0.2) is 50.2 Å². The van der Waals surface area contributed by atoms with Gasteiger partial charge in [-0.25, -0.2) is 9.78 Å². The van der Waals surface area contributed by atoms with E-state index >= 15 is 0 Å². The van der Waals surface area contributed by atoms with E-state index in [1.165, 1.54) is 7.11 Å². The molecule has 2 aliphatic rings. The Labute approximate surface area is 140 Å². The molecule has 1 aromatic carbocycles. The van der Waals surface area contributed by atoms with Gasteiger partial charge in [-0.05, 0) is 0 Å². The lowest BCUT2D eigenvalue weighted by atomic mass is 10.0. The van der Waals surface area contributed by atoms with Gasteiger partial charge < -0.3 is 19.1 Å². The van der Waals surface area contributed by atoms with Crippen LogP contribution < -0.4 is 4.90 Å². The molecule has 126 valence electrons. The molecule has 2 aromatic rings. The number of hydrogen-bond donors (Lipinski definition) is 0. The molecule has 0 N–H and O–H groups in total. The predicted octanol–water partition coefficient (Wildman–Crippen LogP) is 2.36. The second-order valence-corrected chi connectivity index (χ2v) is 6.13. The van der Waals surface area contributed by atoms with Gasteiger partial charge in [-0.3, -0.25) is 0 Å². The monoisotopic (exact) mass is 328 g/mol. The zero-order valence-corrected chi connectivity index (χ0v) is 13.7. The van der Waals surface area contributed by atoms with Gasteiger partial charge in [0.2, 0.25) is 0 Å². The number of anilines is 1. The van der Waals surface area contributed by atoms with Crippen molar-refractivity contribution in [1.82, 2.24) is 4.98 Å². The number of benzene rings is 1. The average Bonchev–Trinajstić information content (AvgIpc) is 3.09. The van der Waals surface area contributed by atoms with Crippen molar-refractivity contribution < 1.29 is 19.0 Å². The Morgan fingerprint density at radius 3 is 2.50 bits per heavy atom. The molecule has 6 nitrogen and oxygen atoms in total. The third kappa shape index (κ3) is 2.52. The molecule has 6 heteroatoms. The normalized spacial score (nSPS) is 19.8. The molecular formula is C18H20N2O4. The van der Waals surface area contributed by atoms with E-state index in [-0.39, 0.29) is 5.97 Å². The van der Waals surface area contributed by atoms with Crippen LogP contribution in [0.5, 0.6) is 0 Å². The first kappa shape index (κ1) is 15.4. The summed E-state index contributed by atoms with van der Waals surface area (Å²) in [5.41, 5.74) is 0.493. The van der Waals surface area contributed by atoms with Crippen LogP contribution in [0.1, 0.15) is 23.2 Å². The van der Waals surface area contributed by atoms with Gasteiger partial charge in [-0.2, -0.15) is 0 Å². The van der Waals surface area contributed by atoms with Crippen molar-refractivity contribution in [3.63, 3.8) is 0 Å². The fourth-order valence-corrected chi connectivity index (χ4v) is 3.55. The number of fused-ring (bicyclic) bond motifs is 1. The molecule has 0 bridgehead atoms. The quantitative estimate of drug-likeness (QED) is 0.789. The largest absolute Gasteiger partial charge is 0.465 e. The number of ether oxygens (including phenoxy) is 3. The second kappa shape index (κ2) is 6.03. The van der Waals surface area contributed by atoms with Crippen LogP contribution >= 0.6 is 0 Å². The van der Waals surface area contributed by atoms with Crippen LogP contribution in [-0.2, 0) is 14.2 Å². The highest BCUT2D eigenvalue weighted by Gasteiger charge is 2.40. The fourth-order valence-electron chi connectivity index (χ4n) is 3.55. The lowest BCUT2D eigenvalue weighted by Crippen LogP contribution is -2.45. The topological polar surface area (TPSA) is 60.9 Å². The third-order valence-corrected chi connectivity index (χ3v) is 4.82. The molecule has 0 unspecified atom stereocenters. The van der Waals surface area contributed by atoms with Crippen molar-refractivity contribution in [1.29, 1.82) is 0 Å². The predicted molar refractivity (Wildman–Crippen MR) is 89.2 cm³/mol. The molecule has 2 aliphatic heterocycles. The summed E-state index contributed by atoms with van der Waals surface area (Å²) in [5.74, 6) is 0.125. The highest BCUT2D eigenvalue weighted by molar-refractivity contribution is 6.07. The number of carbonyl (C=O) groups is 1. The number of piperidine rings is 1. The molecule has 1 aromatic heterocycles. The van der Waals surface area contributed by atoms with E-state index in [0.717, 1.165) is 42.5 Å². The molecule has 4 rings (SSSR count). The van der Waals surface area contributed by atoms with E-state index in [2.05, 4.69) is 9.88 Å². The van der Waals surface area contributed by atoms with Gasteiger partial charge in [0.25, 0.3) is 0 Å². The lowest BCUT2D eigenvalue weighted by molar-refractivity contribution is -0.169. The van der Waals surface area contributed by atoms with Crippen molar-refractivity contribution in [3.05, 3.63) is 36.0 Å². The van der Waals surface area contributed by atoms with Crippen LogP contribution in [0.15, 0.2) is 30.5 Å². The van der Waals surface area contributed by atoms with Crippen molar-refractivity contribution in [2.45, 2.75) is 18.6 Å². The van der Waals surface area contributed by atoms with E-state index in [1.807, 2.05) is 24.3 Å². The molecule has 0 radical (unpaired) electrons. The average molecular weight is 328 g/mol. The molecular weight excluding hydrogens is 308 g/mol. The van der Waals surface area contributed by atoms with Crippen molar-refractivity contribution in [2.24, 2.45) is 0 Å². The van der Waals surface area contributed by atoms with Crippen molar-refractivity contribution in [3.8, 4) is 0 Å². The van der Waals surface area contributed by atoms with E-state index in [0.29, 0.717) is 18.8 Å². The number of methoxy groups -OCH3 is 1. The van der Waals surface area contributed by atoms with Gasteiger partial charge in [-0.15, -0.1) is 0 Å². The minimum atomic E-state index is -0.405. The number of rotatable bonds is 2. The standard InChI is InChI=1S/C18H20N2O4/c1-22-17(21)15-12-19-16(14-5-3-2-4-13(14)15)20-8-6-18(7-9-20)23-10-11-24-18/h2-5,12H,6-11H2,1H3. The van der Waals surface area contributed by atoms with Crippen molar-refractivity contribution in [2.75, 3.05) is 38.3 Å². The second-order valence-electron chi connectivity index (χ2n) is 6.13. The van der Waals surface area contributed by atoms with Crippen LogP contribution in [0.3, 0.4) is 0 Å². The van der Waals surface area contributed by atoms with E-state index in [9.17, 15) is 4.79 Å². The first-order chi connectivity index (χ1) is 11.7. The van der Waals surface area contributed by atoms with E-state index in [4.69, 9.17) is 14.2 Å². The zero-order valence-electron chi connectivity index (χ0n) is 13.7. The maximum absolute atomic E-state index is 12.0. The molecule has 1 spiro atoms. The summed E-state index contributed by atoms with van der Waals surface area (Å²) in [6.45, 7) is 2.98. The highest BCUT2D eigenvalue weighted by atomic mass is 16.7. The van der Waals surface area contributed by atoms with Gasteiger partial charge in [-0.1, -0.05) is 24.3 Å². The molecule has 3 heterocycles. The zero-order chi connectivity index (χ0) is 16.6. The molecule has 0 aliphatic carbocycles. The number of nitrogens with zero attached hydrogens (tertiary/aromatic N) is 2. The fraction of sp³-hybridized carbons (Fsp3) is 0.444. The number of pyridine rings is 1. The van der Waals surface area contributed by atoms with Crippen LogP contribution in [0, 0.1) is 0 Å². The van der Waals surface area contributed by atoms with Gasteiger partial charge in [0.1, 0.15) is 5.82 Å². The first-order valence-electron chi connectivity index (χ1n) is 8.21. The smallest absolute Gasteiger partial charge is 0.340 e. The van der Waals surface area contributed by atoms with Crippen LogP contribution in [0.4, 0.5) is 5.82 Å². The van der Waals surface area contributed by atoms with E-state index in [1.54, 1.807) is 6.20 Å². The van der Waals surface area contributed by atoms with Crippen LogP contribution in [0.25, 0.3) is 10.8 Å². The Morgan fingerprint density at radius 1 is 1.17 bits per heavy atom. The Kier molecular flexibility index (Phi) is 3.86. The summed E-state index contributed by atoms with van der Waals surface area (Å²) in [6.07, 6.45) is 3.25. The van der Waals surface area contributed by atoms with Gasteiger partial charge in [0, 0.05) is 42.9 Å². The highest BCUT2D eigenvalue weighted by Crippen LogP contribution is 2.35. The maximum atomic E-state index is 12.0. The van der Waals surface area contributed by atoms with Crippen LogP contribution in [0.2, 0.25) is 0 Å². The lowest BCUT2D eigenvalue weighted by Gasteiger charge is -2.38. The van der Waals surface area contributed by atoms with Crippen molar-refractivity contribution >= 4 is 22.6 Å². The number of esters is 1. The molecule has 0 amide bonds. The Balaban J connectivity index is 1.67. The summed E-state index contributed by atoms with van der Waals surface area (Å²) in [7, 11) is 1.39. The SMILES string of the molecule is COC(=O)c1cnc(N2CCC3(CC2)OCCO3)c2ccccc12. The Bertz CT molecular complexity index is 761. The Hall–Kier alpha value is -2.18.